The summed E-state index contributed by atoms with van der Waals surface area (Å²) in [4.78, 5) is 15.9. The van der Waals surface area contributed by atoms with E-state index in [1.807, 2.05) is 19.1 Å². The molecular weight excluding hydrogens is 268 g/mol. The predicted molar refractivity (Wildman–Crippen MR) is 79.6 cm³/mol. The minimum absolute atomic E-state index is 0.133. The largest absolute Gasteiger partial charge is 0.398 e. The van der Waals surface area contributed by atoms with E-state index >= 15 is 0 Å². The van der Waals surface area contributed by atoms with Crippen LogP contribution in [0.2, 0.25) is 0 Å². The van der Waals surface area contributed by atoms with E-state index < -0.39 is 0 Å². The molecule has 0 atom stereocenters. The summed E-state index contributed by atoms with van der Waals surface area (Å²) >= 11 is 0. The molecule has 2 N–H and O–H groups in total. The van der Waals surface area contributed by atoms with Gasteiger partial charge >= 0.3 is 0 Å². The first kappa shape index (κ1) is 13.1. The van der Waals surface area contributed by atoms with Crippen molar-refractivity contribution in [3.05, 3.63) is 52.4 Å². The predicted octanol–water partition coefficient (Wildman–Crippen LogP) is 1.99. The van der Waals surface area contributed by atoms with Gasteiger partial charge in [-0.25, -0.2) is 0 Å². The first-order valence-corrected chi connectivity index (χ1v) is 6.42. The Hall–Kier alpha value is -2.89. The molecule has 0 aliphatic rings. The van der Waals surface area contributed by atoms with Crippen molar-refractivity contribution in [1.29, 1.82) is 0 Å². The number of hydrogen-bond donors (Lipinski definition) is 1. The lowest BCUT2D eigenvalue weighted by Gasteiger charge is -2.00. The van der Waals surface area contributed by atoms with Crippen molar-refractivity contribution in [2.45, 2.75) is 6.92 Å². The van der Waals surface area contributed by atoms with Crippen LogP contribution >= 0.6 is 0 Å². The summed E-state index contributed by atoms with van der Waals surface area (Å²) in [5.41, 5.74) is 8.79. The van der Waals surface area contributed by atoms with Crippen molar-refractivity contribution in [3.8, 4) is 22.8 Å². The van der Waals surface area contributed by atoms with Gasteiger partial charge in [-0.3, -0.25) is 4.79 Å². The minimum Gasteiger partial charge on any atom is -0.398 e. The molecule has 6 nitrogen and oxygen atoms in total. The van der Waals surface area contributed by atoms with Crippen LogP contribution in [0, 0.1) is 6.92 Å². The van der Waals surface area contributed by atoms with Crippen LogP contribution in [0.25, 0.3) is 22.8 Å². The topological polar surface area (TPSA) is 86.9 Å². The maximum Gasteiger partial charge on any atom is 0.258 e. The lowest BCUT2D eigenvalue weighted by Crippen LogP contribution is -2.14. The Morgan fingerprint density at radius 3 is 2.71 bits per heavy atom. The average molecular weight is 282 g/mol. The minimum atomic E-state index is -0.133. The maximum atomic E-state index is 11.6. The summed E-state index contributed by atoms with van der Waals surface area (Å²) in [6.07, 6.45) is 1.66. The van der Waals surface area contributed by atoms with Crippen LogP contribution in [-0.4, -0.2) is 14.7 Å². The molecule has 0 amide bonds. The van der Waals surface area contributed by atoms with E-state index in [2.05, 4.69) is 10.1 Å². The molecule has 0 saturated heterocycles. The van der Waals surface area contributed by atoms with E-state index in [0.717, 1.165) is 11.1 Å². The number of aryl methyl sites for hydroxylation is 2. The van der Waals surface area contributed by atoms with Crippen LogP contribution in [-0.2, 0) is 7.05 Å². The Bertz CT molecular complexity index is 864. The molecule has 0 unspecified atom stereocenters. The van der Waals surface area contributed by atoms with Gasteiger partial charge in [-0.1, -0.05) is 17.3 Å². The van der Waals surface area contributed by atoms with Gasteiger partial charge in [0.2, 0.25) is 5.82 Å². The fourth-order valence-electron chi connectivity index (χ4n) is 1.92. The normalized spacial score (nSPS) is 10.8. The molecule has 0 bridgehead atoms. The highest BCUT2D eigenvalue weighted by atomic mass is 16.5. The van der Waals surface area contributed by atoms with Gasteiger partial charge in [-0.15, -0.1) is 0 Å². The Kier molecular flexibility index (Phi) is 3.06. The maximum absolute atomic E-state index is 11.6. The number of rotatable bonds is 2. The van der Waals surface area contributed by atoms with E-state index in [9.17, 15) is 4.79 Å². The number of hydrogen-bond acceptors (Lipinski definition) is 5. The first-order valence-electron chi connectivity index (χ1n) is 6.42. The number of nitrogens with two attached hydrogens (primary N) is 1. The van der Waals surface area contributed by atoms with Crippen molar-refractivity contribution in [3.63, 3.8) is 0 Å². The zero-order valence-corrected chi connectivity index (χ0v) is 11.7. The van der Waals surface area contributed by atoms with Gasteiger partial charge in [0.25, 0.3) is 11.4 Å². The molecule has 2 heterocycles. The fourth-order valence-corrected chi connectivity index (χ4v) is 1.92. The molecule has 106 valence electrons. The number of benzene rings is 1. The number of nitrogen functional groups attached to an aromatic ring is 1. The van der Waals surface area contributed by atoms with Crippen LogP contribution in [0.3, 0.4) is 0 Å². The summed E-state index contributed by atoms with van der Waals surface area (Å²) in [5, 5.41) is 3.94. The van der Waals surface area contributed by atoms with Crippen molar-refractivity contribution < 1.29 is 4.52 Å². The Morgan fingerprint density at radius 2 is 2.00 bits per heavy atom. The first-order chi connectivity index (χ1) is 10.0. The van der Waals surface area contributed by atoms with Crippen LogP contribution in [0.1, 0.15) is 5.56 Å². The molecule has 6 heteroatoms. The van der Waals surface area contributed by atoms with E-state index in [1.165, 1.54) is 10.6 Å². The van der Waals surface area contributed by atoms with Crippen molar-refractivity contribution in [2.24, 2.45) is 7.05 Å². The standard InChI is InChI=1S/C15H14N4O2/c1-9-3-4-10(7-12(9)16)14-17-15(21-18-14)11-5-6-19(2)13(20)8-11/h3-8H,16H2,1-2H3. The number of nitrogens with zero attached hydrogens (tertiary/aromatic N) is 3. The van der Waals surface area contributed by atoms with Gasteiger partial charge in [-0.05, 0) is 24.6 Å². The van der Waals surface area contributed by atoms with E-state index in [1.54, 1.807) is 25.4 Å². The van der Waals surface area contributed by atoms with Crippen molar-refractivity contribution in [1.82, 2.24) is 14.7 Å². The summed E-state index contributed by atoms with van der Waals surface area (Å²) in [7, 11) is 1.68. The lowest BCUT2D eigenvalue weighted by atomic mass is 10.1. The average Bonchev–Trinajstić information content (AvgIpc) is 2.94. The monoisotopic (exact) mass is 282 g/mol. The second-order valence-electron chi connectivity index (χ2n) is 4.86. The molecule has 21 heavy (non-hydrogen) atoms. The highest BCUT2D eigenvalue weighted by molar-refractivity contribution is 5.65. The molecular formula is C15H14N4O2. The highest BCUT2D eigenvalue weighted by Gasteiger charge is 2.12. The Morgan fingerprint density at radius 1 is 1.19 bits per heavy atom. The number of pyridine rings is 1. The second kappa shape index (κ2) is 4.90. The molecule has 0 spiro atoms. The zero-order valence-electron chi connectivity index (χ0n) is 11.7. The second-order valence-corrected chi connectivity index (χ2v) is 4.86. The van der Waals surface area contributed by atoms with Gasteiger partial charge in [0.15, 0.2) is 0 Å². The third kappa shape index (κ3) is 2.43. The van der Waals surface area contributed by atoms with Gasteiger partial charge in [0, 0.05) is 36.1 Å². The third-order valence-corrected chi connectivity index (χ3v) is 3.31. The molecule has 0 radical (unpaired) electrons. The molecule has 3 rings (SSSR count). The van der Waals surface area contributed by atoms with Gasteiger partial charge in [0.05, 0.1) is 0 Å². The lowest BCUT2D eigenvalue weighted by molar-refractivity contribution is 0.432. The zero-order chi connectivity index (χ0) is 15.0. The molecule has 0 aliphatic heterocycles. The third-order valence-electron chi connectivity index (χ3n) is 3.31. The van der Waals surface area contributed by atoms with E-state index in [-0.39, 0.29) is 5.56 Å². The number of anilines is 1. The molecule has 0 fully saturated rings. The molecule has 1 aromatic carbocycles. The van der Waals surface area contributed by atoms with Gasteiger partial charge < -0.3 is 14.8 Å². The summed E-state index contributed by atoms with van der Waals surface area (Å²) < 4.78 is 6.69. The van der Waals surface area contributed by atoms with Gasteiger partial charge in [0.1, 0.15) is 0 Å². The Labute approximate surface area is 120 Å². The van der Waals surface area contributed by atoms with Crippen molar-refractivity contribution >= 4 is 5.69 Å². The van der Waals surface area contributed by atoms with Crippen LogP contribution < -0.4 is 11.3 Å². The van der Waals surface area contributed by atoms with Crippen LogP contribution in [0.4, 0.5) is 5.69 Å². The molecule has 0 aliphatic carbocycles. The quantitative estimate of drug-likeness (QED) is 0.726. The Balaban J connectivity index is 2.01. The molecule has 3 aromatic rings. The molecule has 2 aromatic heterocycles. The van der Waals surface area contributed by atoms with E-state index in [4.69, 9.17) is 10.3 Å². The van der Waals surface area contributed by atoms with Crippen LogP contribution in [0.5, 0.6) is 0 Å². The van der Waals surface area contributed by atoms with Gasteiger partial charge in [-0.2, -0.15) is 4.98 Å². The smallest absolute Gasteiger partial charge is 0.258 e. The molecule has 0 saturated carbocycles. The summed E-state index contributed by atoms with van der Waals surface area (Å²) in [5.74, 6) is 0.749. The fraction of sp³-hybridized carbons (Fsp3) is 0.133. The van der Waals surface area contributed by atoms with Crippen molar-refractivity contribution in [2.75, 3.05) is 5.73 Å². The van der Waals surface area contributed by atoms with E-state index in [0.29, 0.717) is 23.0 Å². The number of aromatic nitrogens is 3. The van der Waals surface area contributed by atoms with Crippen LogP contribution in [0.15, 0.2) is 45.8 Å². The highest BCUT2D eigenvalue weighted by Crippen LogP contribution is 2.24. The summed E-state index contributed by atoms with van der Waals surface area (Å²) in [6.45, 7) is 1.93. The SMILES string of the molecule is Cc1ccc(-c2noc(-c3ccn(C)c(=O)c3)n2)cc1N. The summed E-state index contributed by atoms with van der Waals surface area (Å²) in [6, 6.07) is 8.79.